The van der Waals surface area contributed by atoms with Crippen LogP contribution in [0.3, 0.4) is 0 Å². The lowest BCUT2D eigenvalue weighted by Gasteiger charge is -2.19. The summed E-state index contributed by atoms with van der Waals surface area (Å²) in [6, 6.07) is 9.58. The van der Waals surface area contributed by atoms with E-state index in [4.69, 9.17) is 0 Å². The Morgan fingerprint density at radius 3 is 1.95 bits per heavy atom. The first-order valence-electron chi connectivity index (χ1n) is 7.60. The van der Waals surface area contributed by atoms with Gasteiger partial charge in [0, 0.05) is 19.1 Å². The van der Waals surface area contributed by atoms with E-state index in [1.807, 2.05) is 0 Å². The monoisotopic (exact) mass is 262 g/mol. The van der Waals surface area contributed by atoms with Crippen molar-refractivity contribution in [1.82, 2.24) is 10.2 Å². The standard InChI is InChI=1S/C17H30N2/c1-6-19(7-2)13-17-10-8-16(9-11-17)12-18-15(5)14(3)4/h8-11,14-15,18H,6-7,12-13H2,1-5H3. The summed E-state index contributed by atoms with van der Waals surface area (Å²) in [5.41, 5.74) is 2.78. The van der Waals surface area contributed by atoms with Gasteiger partial charge in [-0.3, -0.25) is 4.90 Å². The Kier molecular flexibility index (Phi) is 7.11. The minimum atomic E-state index is 0.565. The van der Waals surface area contributed by atoms with Crippen molar-refractivity contribution in [2.75, 3.05) is 13.1 Å². The molecule has 108 valence electrons. The molecule has 0 spiro atoms. The van der Waals surface area contributed by atoms with Crippen molar-refractivity contribution in [3.63, 3.8) is 0 Å². The lowest BCUT2D eigenvalue weighted by molar-refractivity contribution is 0.296. The number of benzene rings is 1. The van der Waals surface area contributed by atoms with Crippen molar-refractivity contribution in [3.05, 3.63) is 35.4 Å². The molecule has 19 heavy (non-hydrogen) atoms. The van der Waals surface area contributed by atoms with Crippen molar-refractivity contribution in [3.8, 4) is 0 Å². The molecular formula is C17H30N2. The van der Waals surface area contributed by atoms with Crippen molar-refractivity contribution < 1.29 is 0 Å². The normalized spacial score (nSPS) is 13.2. The summed E-state index contributed by atoms with van der Waals surface area (Å²) in [7, 11) is 0. The largest absolute Gasteiger partial charge is 0.310 e. The van der Waals surface area contributed by atoms with Crippen molar-refractivity contribution in [2.45, 2.75) is 53.8 Å². The second kappa shape index (κ2) is 8.34. The molecule has 2 heteroatoms. The molecule has 1 N–H and O–H groups in total. The van der Waals surface area contributed by atoms with Crippen LogP contribution in [0.5, 0.6) is 0 Å². The first kappa shape index (κ1) is 16.2. The van der Waals surface area contributed by atoms with E-state index in [2.05, 4.69) is 69.1 Å². The summed E-state index contributed by atoms with van der Waals surface area (Å²) in [5.74, 6) is 0.682. The number of nitrogens with one attached hydrogen (secondary N) is 1. The molecule has 0 aliphatic heterocycles. The van der Waals surface area contributed by atoms with Crippen molar-refractivity contribution in [2.24, 2.45) is 5.92 Å². The van der Waals surface area contributed by atoms with Crippen molar-refractivity contribution >= 4 is 0 Å². The lowest BCUT2D eigenvalue weighted by Crippen LogP contribution is -2.30. The van der Waals surface area contributed by atoms with E-state index in [0.717, 1.165) is 26.2 Å². The van der Waals surface area contributed by atoms with E-state index in [1.54, 1.807) is 0 Å². The zero-order valence-electron chi connectivity index (χ0n) is 13.2. The highest BCUT2D eigenvalue weighted by Gasteiger charge is 2.06. The fourth-order valence-electron chi connectivity index (χ4n) is 1.98. The average Bonchev–Trinajstić information content (AvgIpc) is 2.43. The molecule has 0 heterocycles. The molecule has 2 nitrogen and oxygen atoms in total. The van der Waals surface area contributed by atoms with Crippen LogP contribution in [0.25, 0.3) is 0 Å². The van der Waals surface area contributed by atoms with Crippen molar-refractivity contribution in [1.29, 1.82) is 0 Å². The molecule has 0 aliphatic rings. The van der Waals surface area contributed by atoms with Gasteiger partial charge in [0.1, 0.15) is 0 Å². The first-order chi connectivity index (χ1) is 9.06. The summed E-state index contributed by atoms with van der Waals surface area (Å²) < 4.78 is 0. The van der Waals surface area contributed by atoms with Crippen LogP contribution >= 0.6 is 0 Å². The highest BCUT2D eigenvalue weighted by atomic mass is 15.1. The molecule has 1 unspecified atom stereocenters. The minimum absolute atomic E-state index is 0.565. The summed E-state index contributed by atoms with van der Waals surface area (Å²) in [5, 5.41) is 3.57. The van der Waals surface area contributed by atoms with E-state index < -0.39 is 0 Å². The Morgan fingerprint density at radius 2 is 1.47 bits per heavy atom. The van der Waals surface area contributed by atoms with Gasteiger partial charge in [-0.2, -0.15) is 0 Å². The first-order valence-corrected chi connectivity index (χ1v) is 7.60. The van der Waals surface area contributed by atoms with Gasteiger partial charge in [0.2, 0.25) is 0 Å². The van der Waals surface area contributed by atoms with E-state index in [1.165, 1.54) is 11.1 Å². The smallest absolute Gasteiger partial charge is 0.0233 e. The third-order valence-electron chi connectivity index (χ3n) is 3.95. The van der Waals surface area contributed by atoms with Gasteiger partial charge in [0.15, 0.2) is 0 Å². The van der Waals surface area contributed by atoms with Gasteiger partial charge in [-0.1, -0.05) is 52.0 Å². The maximum atomic E-state index is 3.57. The third kappa shape index (κ3) is 5.75. The quantitative estimate of drug-likeness (QED) is 0.769. The Labute approximate surface area is 119 Å². The number of hydrogen-bond donors (Lipinski definition) is 1. The van der Waals surface area contributed by atoms with Crippen LogP contribution in [0, 0.1) is 5.92 Å². The second-order valence-electron chi connectivity index (χ2n) is 5.69. The van der Waals surface area contributed by atoms with Crippen LogP contribution < -0.4 is 5.32 Å². The van der Waals surface area contributed by atoms with Gasteiger partial charge in [0.25, 0.3) is 0 Å². The van der Waals surface area contributed by atoms with E-state index in [-0.39, 0.29) is 0 Å². The molecule has 1 aromatic rings. The molecule has 1 rings (SSSR count). The van der Waals surface area contributed by atoms with Crippen LogP contribution in [-0.2, 0) is 13.1 Å². The average molecular weight is 262 g/mol. The molecule has 0 aliphatic carbocycles. The third-order valence-corrected chi connectivity index (χ3v) is 3.95. The van der Waals surface area contributed by atoms with Gasteiger partial charge in [-0.05, 0) is 37.1 Å². The Morgan fingerprint density at radius 1 is 0.947 bits per heavy atom. The van der Waals surface area contributed by atoms with Crippen LogP contribution in [0.2, 0.25) is 0 Å². The van der Waals surface area contributed by atoms with Gasteiger partial charge in [-0.25, -0.2) is 0 Å². The van der Waals surface area contributed by atoms with E-state index in [9.17, 15) is 0 Å². The fraction of sp³-hybridized carbons (Fsp3) is 0.647. The maximum absolute atomic E-state index is 3.57. The van der Waals surface area contributed by atoms with Gasteiger partial charge >= 0.3 is 0 Å². The molecule has 0 amide bonds. The highest BCUT2D eigenvalue weighted by molar-refractivity contribution is 5.22. The van der Waals surface area contributed by atoms with Crippen LogP contribution in [0.15, 0.2) is 24.3 Å². The molecule has 0 saturated carbocycles. The van der Waals surface area contributed by atoms with Crippen LogP contribution in [0.1, 0.15) is 45.7 Å². The highest BCUT2D eigenvalue weighted by Crippen LogP contribution is 2.08. The number of hydrogen-bond acceptors (Lipinski definition) is 2. The molecule has 0 aromatic heterocycles. The lowest BCUT2D eigenvalue weighted by atomic mass is 10.1. The fourth-order valence-corrected chi connectivity index (χ4v) is 1.98. The molecule has 0 bridgehead atoms. The zero-order valence-corrected chi connectivity index (χ0v) is 13.2. The summed E-state index contributed by atoms with van der Waals surface area (Å²) in [6.45, 7) is 15.4. The van der Waals surface area contributed by atoms with Gasteiger partial charge in [-0.15, -0.1) is 0 Å². The predicted molar refractivity (Wildman–Crippen MR) is 84.2 cm³/mol. The van der Waals surface area contributed by atoms with E-state index >= 15 is 0 Å². The molecule has 0 saturated heterocycles. The maximum Gasteiger partial charge on any atom is 0.0233 e. The van der Waals surface area contributed by atoms with Gasteiger partial charge < -0.3 is 5.32 Å². The zero-order chi connectivity index (χ0) is 14.3. The molecular weight excluding hydrogens is 232 g/mol. The Hall–Kier alpha value is -0.860. The topological polar surface area (TPSA) is 15.3 Å². The summed E-state index contributed by atoms with van der Waals surface area (Å²) in [4.78, 5) is 2.44. The van der Waals surface area contributed by atoms with Gasteiger partial charge in [0.05, 0.1) is 0 Å². The second-order valence-corrected chi connectivity index (χ2v) is 5.69. The summed E-state index contributed by atoms with van der Waals surface area (Å²) >= 11 is 0. The Balaban J connectivity index is 2.47. The molecule has 1 aromatic carbocycles. The molecule has 1 atom stereocenters. The SMILES string of the molecule is CCN(CC)Cc1ccc(CNC(C)C(C)C)cc1. The van der Waals surface area contributed by atoms with Crippen LogP contribution in [0.4, 0.5) is 0 Å². The summed E-state index contributed by atoms with van der Waals surface area (Å²) in [6.07, 6.45) is 0. The number of rotatable bonds is 8. The molecule has 0 radical (unpaired) electrons. The number of nitrogens with zero attached hydrogens (tertiary/aromatic N) is 1. The molecule has 0 fully saturated rings. The predicted octanol–water partition coefficient (Wildman–Crippen LogP) is 3.66. The van der Waals surface area contributed by atoms with E-state index in [0.29, 0.717) is 12.0 Å². The minimum Gasteiger partial charge on any atom is -0.310 e. The van der Waals surface area contributed by atoms with Crippen LogP contribution in [-0.4, -0.2) is 24.0 Å². The Bertz CT molecular complexity index is 339.